The molecule has 0 bridgehead atoms. The standard InChI is InChI=1S/C46H76O4Si2/c1-34-37(31-38(49-51(12,13)43(2,3)4)32-42(34)50-52(14,15)44(5,6)7)26-25-36-23-19-30-46(10)40(36)27-28-41(46)39(35-21-17-16-18-22-35)24-20-29-45(8,9)48-33-47-11/h16-18,21-22,25-26,28,38-40,42H,1,19-20,23-24,27,29-33H2,2-15H3/b36-25+,37-26-/t38-,39+,40+,42+,46+/m1/s1. The van der Waals surface area contributed by atoms with Crippen molar-refractivity contribution in [3.63, 3.8) is 0 Å². The minimum absolute atomic E-state index is 0.00179. The van der Waals surface area contributed by atoms with Crippen molar-refractivity contribution in [1.29, 1.82) is 0 Å². The highest BCUT2D eigenvalue weighted by atomic mass is 28.4. The molecule has 4 nitrogen and oxygen atoms in total. The average molecular weight is 749 g/mol. The Morgan fingerprint density at radius 3 is 2.17 bits per heavy atom. The van der Waals surface area contributed by atoms with Gasteiger partial charge >= 0.3 is 0 Å². The van der Waals surface area contributed by atoms with Crippen LogP contribution in [-0.2, 0) is 18.3 Å². The normalized spacial score (nSPS) is 27.2. The smallest absolute Gasteiger partial charge is 0.192 e. The van der Waals surface area contributed by atoms with Gasteiger partial charge in [-0.25, -0.2) is 0 Å². The third-order valence-electron chi connectivity index (χ3n) is 13.8. The van der Waals surface area contributed by atoms with Crippen molar-refractivity contribution in [1.82, 2.24) is 0 Å². The van der Waals surface area contributed by atoms with E-state index in [0.717, 1.165) is 38.5 Å². The number of rotatable bonds is 14. The Morgan fingerprint density at radius 1 is 0.923 bits per heavy atom. The minimum atomic E-state index is -2.01. The number of hydrogen-bond acceptors (Lipinski definition) is 4. The second kappa shape index (κ2) is 16.7. The molecule has 0 unspecified atom stereocenters. The molecule has 6 heteroatoms. The molecule has 3 aliphatic rings. The van der Waals surface area contributed by atoms with E-state index in [-0.39, 0.29) is 33.3 Å². The molecule has 0 N–H and O–H groups in total. The van der Waals surface area contributed by atoms with Gasteiger partial charge in [0, 0.05) is 19.4 Å². The molecular weight excluding hydrogens is 673 g/mol. The molecule has 2 fully saturated rings. The van der Waals surface area contributed by atoms with Crippen LogP contribution in [0.3, 0.4) is 0 Å². The molecule has 292 valence electrons. The fraction of sp³-hybridized carbons (Fsp3) is 0.696. The maximum Gasteiger partial charge on any atom is 0.192 e. The first-order valence-corrected chi connectivity index (χ1v) is 26.2. The van der Waals surface area contributed by atoms with Crippen LogP contribution in [0.5, 0.6) is 0 Å². The summed E-state index contributed by atoms with van der Waals surface area (Å²) in [6.45, 7) is 35.6. The summed E-state index contributed by atoms with van der Waals surface area (Å²) in [5, 5.41) is 0.298. The van der Waals surface area contributed by atoms with Crippen LogP contribution in [0.25, 0.3) is 0 Å². The Labute approximate surface area is 322 Å². The molecule has 0 radical (unpaired) electrons. The van der Waals surface area contributed by atoms with Crippen LogP contribution in [0.1, 0.15) is 132 Å². The largest absolute Gasteiger partial charge is 0.413 e. The number of ether oxygens (including phenoxy) is 2. The molecule has 4 rings (SSSR count). The molecule has 0 amide bonds. The van der Waals surface area contributed by atoms with Gasteiger partial charge in [-0.15, -0.1) is 0 Å². The van der Waals surface area contributed by atoms with E-state index < -0.39 is 16.6 Å². The van der Waals surface area contributed by atoms with Crippen molar-refractivity contribution >= 4 is 16.6 Å². The first-order valence-electron chi connectivity index (χ1n) is 20.3. The lowest BCUT2D eigenvalue weighted by molar-refractivity contribution is -0.117. The Hall–Kier alpha value is -1.55. The van der Waals surface area contributed by atoms with Gasteiger partial charge in [-0.3, -0.25) is 0 Å². The summed E-state index contributed by atoms with van der Waals surface area (Å²) in [5.74, 6) is 0.961. The maximum atomic E-state index is 7.14. The van der Waals surface area contributed by atoms with Crippen molar-refractivity contribution in [3.05, 3.63) is 83.0 Å². The Balaban J connectivity index is 1.61. The average Bonchev–Trinajstić information content (AvgIpc) is 3.39. The molecule has 1 aromatic carbocycles. The number of methoxy groups -OCH3 is 1. The molecule has 2 saturated carbocycles. The lowest BCUT2D eigenvalue weighted by Crippen LogP contribution is -2.49. The quantitative estimate of drug-likeness (QED) is 0.108. The zero-order valence-corrected chi connectivity index (χ0v) is 37.8. The monoisotopic (exact) mass is 749 g/mol. The Morgan fingerprint density at radius 2 is 1.56 bits per heavy atom. The molecular formula is C46H76O4Si2. The lowest BCUT2D eigenvalue weighted by atomic mass is 9.61. The Kier molecular flexibility index (Phi) is 13.8. The summed E-state index contributed by atoms with van der Waals surface area (Å²) in [7, 11) is -2.28. The molecule has 0 aliphatic heterocycles. The number of hydrogen-bond donors (Lipinski definition) is 0. The van der Waals surface area contributed by atoms with Gasteiger partial charge in [0.25, 0.3) is 0 Å². The summed E-state index contributed by atoms with van der Waals surface area (Å²) in [6, 6.07) is 11.3. The van der Waals surface area contributed by atoms with Crippen molar-refractivity contribution < 1.29 is 18.3 Å². The fourth-order valence-electron chi connectivity index (χ4n) is 8.37. The third kappa shape index (κ3) is 10.2. The zero-order valence-electron chi connectivity index (χ0n) is 35.8. The van der Waals surface area contributed by atoms with Gasteiger partial charge in [0.1, 0.15) is 6.79 Å². The fourth-order valence-corrected chi connectivity index (χ4v) is 11.0. The molecule has 0 saturated heterocycles. The summed E-state index contributed by atoms with van der Waals surface area (Å²) in [4.78, 5) is 0. The van der Waals surface area contributed by atoms with E-state index in [1.807, 2.05) is 0 Å². The summed E-state index contributed by atoms with van der Waals surface area (Å²) < 4.78 is 25.5. The summed E-state index contributed by atoms with van der Waals surface area (Å²) >= 11 is 0. The first-order chi connectivity index (χ1) is 24.0. The van der Waals surface area contributed by atoms with Crippen LogP contribution in [0.2, 0.25) is 36.3 Å². The van der Waals surface area contributed by atoms with E-state index in [2.05, 4.69) is 137 Å². The second-order valence-corrected chi connectivity index (χ2v) is 29.7. The van der Waals surface area contributed by atoms with Crippen LogP contribution in [0.4, 0.5) is 0 Å². The van der Waals surface area contributed by atoms with E-state index in [1.165, 1.54) is 36.0 Å². The molecule has 3 aliphatic carbocycles. The zero-order chi connectivity index (χ0) is 38.8. The highest BCUT2D eigenvalue weighted by Gasteiger charge is 2.48. The topological polar surface area (TPSA) is 36.9 Å². The minimum Gasteiger partial charge on any atom is -0.413 e. The highest BCUT2D eigenvalue weighted by Crippen LogP contribution is 2.59. The maximum absolute atomic E-state index is 7.14. The molecule has 5 atom stereocenters. The van der Waals surface area contributed by atoms with E-state index in [4.69, 9.17) is 24.9 Å². The second-order valence-electron chi connectivity index (χ2n) is 20.2. The lowest BCUT2D eigenvalue weighted by Gasteiger charge is -2.45. The van der Waals surface area contributed by atoms with Crippen molar-refractivity contribution in [3.8, 4) is 0 Å². The SMILES string of the molecule is C=C1/C(=C\C=C2/CCC[C@]3(C)C([C@@H](CCCC(C)(C)OCOC)c4ccccc4)=CC[C@@H]23)C[C@@H](O[Si](C)(C)C(C)(C)C)C[C@@H]1O[Si](C)(C)C(C)(C)C. The van der Waals surface area contributed by atoms with Crippen LogP contribution >= 0.6 is 0 Å². The van der Waals surface area contributed by atoms with Gasteiger partial charge < -0.3 is 18.3 Å². The predicted octanol–water partition coefficient (Wildman–Crippen LogP) is 13.5. The number of benzene rings is 1. The number of fused-ring (bicyclic) bond motifs is 1. The van der Waals surface area contributed by atoms with Gasteiger partial charge in [-0.1, -0.05) is 115 Å². The molecule has 0 heterocycles. The molecule has 0 spiro atoms. The van der Waals surface area contributed by atoms with Crippen LogP contribution in [-0.4, -0.2) is 48.3 Å². The van der Waals surface area contributed by atoms with Gasteiger partial charge in [0.05, 0.1) is 17.8 Å². The van der Waals surface area contributed by atoms with Crippen LogP contribution in [0.15, 0.2) is 77.4 Å². The van der Waals surface area contributed by atoms with Gasteiger partial charge in [-0.05, 0) is 130 Å². The van der Waals surface area contributed by atoms with Crippen LogP contribution in [0, 0.1) is 11.3 Å². The molecule has 1 aromatic rings. The molecule has 0 aromatic heterocycles. The third-order valence-corrected chi connectivity index (χ3v) is 22.8. The first kappa shape index (κ1) is 43.2. The summed E-state index contributed by atoms with van der Waals surface area (Å²) in [6.07, 6.45) is 17.6. The molecule has 52 heavy (non-hydrogen) atoms. The van der Waals surface area contributed by atoms with Crippen molar-refractivity contribution in [2.24, 2.45) is 11.3 Å². The number of allylic oxidation sites excluding steroid dienone is 5. The van der Waals surface area contributed by atoms with Gasteiger partial charge in [0.15, 0.2) is 16.6 Å². The Bertz CT molecular complexity index is 1450. The van der Waals surface area contributed by atoms with Crippen LogP contribution < -0.4 is 0 Å². The highest BCUT2D eigenvalue weighted by molar-refractivity contribution is 6.74. The van der Waals surface area contributed by atoms with Gasteiger partial charge in [0.2, 0.25) is 0 Å². The van der Waals surface area contributed by atoms with E-state index >= 15 is 0 Å². The van der Waals surface area contributed by atoms with E-state index in [1.54, 1.807) is 18.3 Å². The summed E-state index contributed by atoms with van der Waals surface area (Å²) in [5.41, 5.74) is 7.17. The predicted molar refractivity (Wildman–Crippen MR) is 227 cm³/mol. The van der Waals surface area contributed by atoms with E-state index in [0.29, 0.717) is 18.6 Å². The van der Waals surface area contributed by atoms with Crippen molar-refractivity contribution in [2.45, 2.75) is 180 Å². The van der Waals surface area contributed by atoms with Gasteiger partial charge in [-0.2, -0.15) is 0 Å². The van der Waals surface area contributed by atoms with E-state index in [9.17, 15) is 0 Å². The van der Waals surface area contributed by atoms with Crippen molar-refractivity contribution in [2.75, 3.05) is 13.9 Å².